The molecule has 0 spiro atoms. The number of carbonyl (C=O) groups is 2. The quantitative estimate of drug-likeness (QED) is 0.357. The van der Waals surface area contributed by atoms with Crippen LogP contribution < -0.4 is 14.8 Å². The van der Waals surface area contributed by atoms with Gasteiger partial charge < -0.3 is 19.5 Å². The molecule has 1 aliphatic heterocycles. The van der Waals surface area contributed by atoms with E-state index in [-0.39, 0.29) is 29.4 Å². The fourth-order valence-electron chi connectivity index (χ4n) is 5.10. The zero-order valence-electron chi connectivity index (χ0n) is 20.8. The van der Waals surface area contributed by atoms with Gasteiger partial charge in [0.1, 0.15) is 0 Å². The van der Waals surface area contributed by atoms with Gasteiger partial charge >= 0.3 is 5.97 Å². The molecule has 0 fully saturated rings. The lowest BCUT2D eigenvalue weighted by Crippen LogP contribution is -2.36. The minimum atomic E-state index is -0.771. The molecule has 0 radical (unpaired) electrons. The molecule has 2 aliphatic rings. The average Bonchev–Trinajstić information content (AvgIpc) is 2.87. The van der Waals surface area contributed by atoms with Crippen LogP contribution >= 0.6 is 0 Å². The summed E-state index contributed by atoms with van der Waals surface area (Å²) >= 11 is 0. The van der Waals surface area contributed by atoms with Crippen molar-refractivity contribution in [3.05, 3.63) is 85.7 Å². The molecule has 36 heavy (non-hydrogen) atoms. The molecule has 2 atom stereocenters. The topological polar surface area (TPSA) is 117 Å². The van der Waals surface area contributed by atoms with Crippen LogP contribution in [0.3, 0.4) is 0 Å². The number of aryl methyl sites for hydroxylation is 1. The molecule has 188 valence electrons. The number of nitrogens with zero attached hydrogens (tertiary/aromatic N) is 1. The Morgan fingerprint density at radius 2 is 1.69 bits per heavy atom. The van der Waals surface area contributed by atoms with Gasteiger partial charge in [0.25, 0.3) is 5.69 Å². The third-order valence-electron chi connectivity index (χ3n) is 6.88. The number of allylic oxidation sites excluding steroid dienone is 3. The lowest BCUT2D eigenvalue weighted by Gasteiger charge is -2.36. The molecule has 2 aromatic rings. The standard InChI is InChI=1S/C27H28N2O7/c1-14-6-7-17(11-20(14)29(32)33)25-24(27(31)36-5)15(2)28-19-10-18(12-21(30)26(19)25)16-8-9-22(34-3)23(13-16)35-4/h6-9,11,13,18,25,28H,10,12H2,1-5H3/t18-,25+/m0/s1. The first-order valence-corrected chi connectivity index (χ1v) is 11.5. The van der Waals surface area contributed by atoms with Crippen molar-refractivity contribution in [2.75, 3.05) is 21.3 Å². The molecule has 0 saturated carbocycles. The van der Waals surface area contributed by atoms with Gasteiger partial charge in [-0.1, -0.05) is 18.2 Å². The molecule has 4 rings (SSSR count). The van der Waals surface area contributed by atoms with Crippen molar-refractivity contribution in [2.24, 2.45) is 0 Å². The highest BCUT2D eigenvalue weighted by atomic mass is 16.6. The number of nitro benzene ring substituents is 1. The summed E-state index contributed by atoms with van der Waals surface area (Å²) < 4.78 is 15.8. The zero-order chi connectivity index (χ0) is 26.1. The average molecular weight is 493 g/mol. The summed E-state index contributed by atoms with van der Waals surface area (Å²) in [7, 11) is 4.40. The number of carbonyl (C=O) groups excluding carboxylic acids is 2. The third-order valence-corrected chi connectivity index (χ3v) is 6.88. The number of methoxy groups -OCH3 is 3. The van der Waals surface area contributed by atoms with Crippen molar-refractivity contribution in [1.82, 2.24) is 5.32 Å². The van der Waals surface area contributed by atoms with E-state index < -0.39 is 16.8 Å². The second-order valence-electron chi connectivity index (χ2n) is 8.93. The number of hydrogen-bond donors (Lipinski definition) is 1. The molecule has 0 bridgehead atoms. The van der Waals surface area contributed by atoms with E-state index in [0.29, 0.717) is 46.0 Å². The van der Waals surface area contributed by atoms with Gasteiger partial charge in [0, 0.05) is 40.9 Å². The Morgan fingerprint density at radius 1 is 1.00 bits per heavy atom. The van der Waals surface area contributed by atoms with E-state index in [1.165, 1.54) is 13.2 Å². The maximum Gasteiger partial charge on any atom is 0.336 e. The van der Waals surface area contributed by atoms with Gasteiger partial charge in [-0.05, 0) is 49.4 Å². The maximum absolute atomic E-state index is 13.7. The number of ether oxygens (including phenoxy) is 3. The van der Waals surface area contributed by atoms with Crippen LogP contribution in [-0.2, 0) is 14.3 Å². The highest BCUT2D eigenvalue weighted by Gasteiger charge is 2.41. The Hall–Kier alpha value is -4.14. The molecule has 0 unspecified atom stereocenters. The molecule has 9 heteroatoms. The molecule has 0 aromatic heterocycles. The lowest BCUT2D eigenvalue weighted by atomic mass is 9.71. The van der Waals surface area contributed by atoms with Crippen LogP contribution in [0.25, 0.3) is 0 Å². The van der Waals surface area contributed by atoms with Gasteiger partial charge in [0.2, 0.25) is 0 Å². The van der Waals surface area contributed by atoms with Crippen LogP contribution in [0, 0.1) is 17.0 Å². The predicted molar refractivity (Wildman–Crippen MR) is 132 cm³/mol. The molecule has 9 nitrogen and oxygen atoms in total. The fourth-order valence-corrected chi connectivity index (χ4v) is 5.10. The van der Waals surface area contributed by atoms with Crippen molar-refractivity contribution in [1.29, 1.82) is 0 Å². The molecule has 1 N–H and O–H groups in total. The normalized spacial score (nSPS) is 19.4. The van der Waals surface area contributed by atoms with E-state index >= 15 is 0 Å². The second kappa shape index (κ2) is 9.85. The number of ketones is 1. The Balaban J connectivity index is 1.82. The summed E-state index contributed by atoms with van der Waals surface area (Å²) in [6, 6.07) is 10.4. The molecule has 0 amide bonds. The largest absolute Gasteiger partial charge is 0.493 e. The summed E-state index contributed by atoms with van der Waals surface area (Å²) in [6.45, 7) is 3.40. The van der Waals surface area contributed by atoms with E-state index in [4.69, 9.17) is 14.2 Å². The third kappa shape index (κ3) is 4.32. The SMILES string of the molecule is COC(=O)C1=C(C)NC2=C(C(=O)C[C@@H](c3ccc(OC)c(OC)c3)C2)[C@@H]1c1ccc(C)c([N+](=O)[O-])c1. The molecular formula is C27H28N2O7. The van der Waals surface area contributed by atoms with Crippen molar-refractivity contribution in [3.63, 3.8) is 0 Å². The van der Waals surface area contributed by atoms with Crippen LogP contribution in [0.4, 0.5) is 5.69 Å². The Morgan fingerprint density at radius 3 is 2.33 bits per heavy atom. The summed E-state index contributed by atoms with van der Waals surface area (Å²) in [5, 5.41) is 14.9. The van der Waals surface area contributed by atoms with E-state index in [1.54, 1.807) is 40.2 Å². The fraction of sp³-hybridized carbons (Fsp3) is 0.333. The van der Waals surface area contributed by atoms with E-state index in [9.17, 15) is 19.7 Å². The van der Waals surface area contributed by atoms with Crippen molar-refractivity contribution in [3.8, 4) is 11.5 Å². The summed E-state index contributed by atoms with van der Waals surface area (Å²) in [4.78, 5) is 37.7. The van der Waals surface area contributed by atoms with Crippen molar-refractivity contribution >= 4 is 17.4 Å². The Bertz CT molecular complexity index is 1330. The number of hydrogen-bond acceptors (Lipinski definition) is 8. The van der Waals surface area contributed by atoms with Gasteiger partial charge in [-0.25, -0.2) is 4.79 Å². The minimum Gasteiger partial charge on any atom is -0.493 e. The smallest absolute Gasteiger partial charge is 0.336 e. The van der Waals surface area contributed by atoms with Crippen LogP contribution in [0.1, 0.15) is 48.3 Å². The second-order valence-corrected chi connectivity index (χ2v) is 8.93. The van der Waals surface area contributed by atoms with Gasteiger partial charge in [-0.2, -0.15) is 0 Å². The summed E-state index contributed by atoms with van der Waals surface area (Å²) in [6.07, 6.45) is 0.737. The van der Waals surface area contributed by atoms with Crippen molar-refractivity contribution < 1.29 is 28.7 Å². The van der Waals surface area contributed by atoms with Crippen LogP contribution in [-0.4, -0.2) is 38.0 Å². The zero-order valence-corrected chi connectivity index (χ0v) is 20.8. The monoisotopic (exact) mass is 492 g/mol. The Kier molecular flexibility index (Phi) is 6.83. The summed E-state index contributed by atoms with van der Waals surface area (Å²) in [5.74, 6) is -0.439. The van der Waals surface area contributed by atoms with Crippen LogP contribution in [0.15, 0.2) is 58.9 Å². The first kappa shape index (κ1) is 25.0. The van der Waals surface area contributed by atoms with Gasteiger partial charge in [0.05, 0.1) is 31.8 Å². The van der Waals surface area contributed by atoms with E-state index in [2.05, 4.69) is 5.32 Å². The van der Waals surface area contributed by atoms with E-state index in [0.717, 1.165) is 5.56 Å². The van der Waals surface area contributed by atoms with Gasteiger partial charge in [-0.15, -0.1) is 0 Å². The van der Waals surface area contributed by atoms with Crippen LogP contribution in [0.5, 0.6) is 11.5 Å². The summed E-state index contributed by atoms with van der Waals surface area (Å²) in [5.41, 5.74) is 3.82. The molecule has 1 heterocycles. The molecule has 1 aliphatic carbocycles. The number of Topliss-reactive ketones (excluding diaryl/α,β-unsaturated/α-hetero) is 1. The molecule has 2 aromatic carbocycles. The Labute approximate surface area is 208 Å². The van der Waals surface area contributed by atoms with E-state index in [1.807, 2.05) is 18.2 Å². The number of rotatable bonds is 6. The number of nitro groups is 1. The lowest BCUT2D eigenvalue weighted by molar-refractivity contribution is -0.385. The predicted octanol–water partition coefficient (Wildman–Crippen LogP) is 4.46. The molecular weight excluding hydrogens is 464 g/mol. The first-order chi connectivity index (χ1) is 17.2. The number of esters is 1. The van der Waals surface area contributed by atoms with Gasteiger partial charge in [-0.3, -0.25) is 14.9 Å². The number of dihydropyridines is 1. The van der Waals surface area contributed by atoms with Crippen molar-refractivity contribution in [2.45, 2.75) is 38.5 Å². The highest BCUT2D eigenvalue weighted by molar-refractivity contribution is 6.04. The highest BCUT2D eigenvalue weighted by Crippen LogP contribution is 2.47. The van der Waals surface area contributed by atoms with Crippen LogP contribution in [0.2, 0.25) is 0 Å². The number of nitrogens with one attached hydrogen (secondary N) is 1. The number of benzene rings is 2. The maximum atomic E-state index is 13.7. The minimum absolute atomic E-state index is 0.0680. The first-order valence-electron chi connectivity index (χ1n) is 11.5. The molecule has 0 saturated heterocycles. The van der Waals surface area contributed by atoms with Gasteiger partial charge in [0.15, 0.2) is 17.3 Å².